The van der Waals surface area contributed by atoms with Gasteiger partial charge < -0.3 is 5.11 Å². The Kier molecular flexibility index (Phi) is 4.32. The average Bonchev–Trinajstić information content (AvgIpc) is 2.65. The van der Waals surface area contributed by atoms with E-state index in [9.17, 15) is 0 Å². The summed E-state index contributed by atoms with van der Waals surface area (Å²) in [6.45, 7) is 0.142. The van der Waals surface area contributed by atoms with E-state index in [1.165, 1.54) is 0 Å². The van der Waals surface area contributed by atoms with Gasteiger partial charge in [-0.25, -0.2) is 0 Å². The zero-order valence-corrected chi connectivity index (χ0v) is 7.94. The Hall–Kier alpha value is -1.03. The predicted octanol–water partition coefficient (Wildman–Crippen LogP) is 2.87. The Bertz CT molecular complexity index is 280. The monoisotopic (exact) mass is 197 g/mol. The van der Waals surface area contributed by atoms with Gasteiger partial charge in [0, 0.05) is 16.4 Å². The highest BCUT2D eigenvalue weighted by Gasteiger charge is 2.09. The van der Waals surface area contributed by atoms with Crippen LogP contribution in [0.5, 0.6) is 0 Å². The molecule has 0 aliphatic heterocycles. The Morgan fingerprint density at radius 3 is 3.08 bits per heavy atom. The van der Waals surface area contributed by atoms with Gasteiger partial charge in [0.15, 0.2) is 0 Å². The second-order valence-electron chi connectivity index (χ2n) is 2.60. The molecule has 1 aromatic rings. The number of hydrogen-bond acceptors (Lipinski definition) is 3. The summed E-state index contributed by atoms with van der Waals surface area (Å²) in [6, 6.07) is 3.76. The maximum atomic E-state index is 8.65. The van der Waals surface area contributed by atoms with E-state index >= 15 is 0 Å². The lowest BCUT2D eigenvalue weighted by atomic mass is 10.1. The molecule has 0 aromatic carbocycles. The Morgan fingerprint density at radius 1 is 1.69 bits per heavy atom. The summed E-state index contributed by atoms with van der Waals surface area (Å²) in [7, 11) is 0. The lowest BCUT2D eigenvalue weighted by Gasteiger charge is -2.06. The van der Waals surface area contributed by atoms with Crippen LogP contribution in [-0.4, -0.2) is 11.7 Å². The highest BCUT2D eigenvalue weighted by Crippen LogP contribution is 2.26. The number of aliphatic hydroxyl groups is 1. The number of nitrogens with zero attached hydrogens (tertiary/aromatic N) is 3. The van der Waals surface area contributed by atoms with Gasteiger partial charge in [-0.2, -0.15) is 0 Å². The molecule has 0 saturated heterocycles. The van der Waals surface area contributed by atoms with Crippen LogP contribution in [0.1, 0.15) is 23.8 Å². The fraction of sp³-hybridized carbons (Fsp3) is 0.500. The average molecular weight is 197 g/mol. The molecular weight excluding hydrogens is 186 g/mol. The van der Waals surface area contributed by atoms with Gasteiger partial charge in [-0.1, -0.05) is 11.2 Å². The first-order valence-corrected chi connectivity index (χ1v) is 4.95. The van der Waals surface area contributed by atoms with E-state index in [4.69, 9.17) is 10.6 Å². The molecule has 0 spiro atoms. The smallest absolute Gasteiger partial charge is 0.0719 e. The summed E-state index contributed by atoms with van der Waals surface area (Å²) < 4.78 is 0. The van der Waals surface area contributed by atoms with Gasteiger partial charge in [-0.3, -0.25) is 0 Å². The van der Waals surface area contributed by atoms with E-state index < -0.39 is 0 Å². The van der Waals surface area contributed by atoms with Crippen LogP contribution in [-0.2, 0) is 0 Å². The topological polar surface area (TPSA) is 69.0 Å². The van der Waals surface area contributed by atoms with Crippen molar-refractivity contribution in [1.29, 1.82) is 0 Å². The van der Waals surface area contributed by atoms with Crippen LogP contribution in [0, 0.1) is 0 Å². The first-order chi connectivity index (χ1) is 6.38. The third-order valence-electron chi connectivity index (χ3n) is 1.70. The van der Waals surface area contributed by atoms with Crippen molar-refractivity contribution in [3.05, 3.63) is 32.8 Å². The highest BCUT2D eigenvalue weighted by atomic mass is 32.1. The molecule has 1 rings (SSSR count). The van der Waals surface area contributed by atoms with Crippen LogP contribution in [0.25, 0.3) is 10.4 Å². The van der Waals surface area contributed by atoms with Gasteiger partial charge >= 0.3 is 0 Å². The molecule has 4 nitrogen and oxygen atoms in total. The summed E-state index contributed by atoms with van der Waals surface area (Å²) in [6.07, 6.45) is 1.38. The predicted molar refractivity (Wildman–Crippen MR) is 52.5 cm³/mol. The summed E-state index contributed by atoms with van der Waals surface area (Å²) in [5.74, 6) is 0. The van der Waals surface area contributed by atoms with Crippen LogP contribution in [0.2, 0.25) is 0 Å². The molecule has 13 heavy (non-hydrogen) atoms. The van der Waals surface area contributed by atoms with E-state index in [2.05, 4.69) is 10.0 Å². The van der Waals surface area contributed by atoms with E-state index in [0.717, 1.165) is 4.88 Å². The van der Waals surface area contributed by atoms with Gasteiger partial charge in [0.1, 0.15) is 0 Å². The second-order valence-corrected chi connectivity index (χ2v) is 3.58. The third kappa shape index (κ3) is 3.06. The molecule has 0 bridgehead atoms. The summed E-state index contributed by atoms with van der Waals surface area (Å²) in [5.41, 5.74) is 8.34. The summed E-state index contributed by atoms with van der Waals surface area (Å²) >= 11 is 1.57. The van der Waals surface area contributed by atoms with Gasteiger partial charge in [-0.05, 0) is 29.8 Å². The molecule has 1 atom stereocenters. The first-order valence-electron chi connectivity index (χ1n) is 4.07. The van der Waals surface area contributed by atoms with Crippen LogP contribution in [0.4, 0.5) is 0 Å². The molecule has 0 aliphatic carbocycles. The molecule has 0 radical (unpaired) electrons. The van der Waals surface area contributed by atoms with Crippen molar-refractivity contribution in [1.82, 2.24) is 0 Å². The van der Waals surface area contributed by atoms with Crippen molar-refractivity contribution in [2.45, 2.75) is 18.9 Å². The van der Waals surface area contributed by atoms with Crippen molar-refractivity contribution in [2.24, 2.45) is 5.11 Å². The second kappa shape index (κ2) is 5.59. The molecule has 0 amide bonds. The fourth-order valence-corrected chi connectivity index (χ4v) is 1.88. The minimum absolute atomic E-state index is 0.114. The normalized spacial score (nSPS) is 12.1. The molecule has 1 heterocycles. The van der Waals surface area contributed by atoms with Crippen molar-refractivity contribution in [3.63, 3.8) is 0 Å². The van der Waals surface area contributed by atoms with Crippen LogP contribution in [0.15, 0.2) is 22.6 Å². The molecule has 1 unspecified atom stereocenters. The maximum Gasteiger partial charge on any atom is 0.0719 e. The lowest BCUT2D eigenvalue weighted by molar-refractivity contribution is 0.280. The lowest BCUT2D eigenvalue weighted by Crippen LogP contribution is -1.93. The van der Waals surface area contributed by atoms with Gasteiger partial charge in [0.25, 0.3) is 0 Å². The maximum absolute atomic E-state index is 8.65. The van der Waals surface area contributed by atoms with Crippen molar-refractivity contribution < 1.29 is 5.11 Å². The third-order valence-corrected chi connectivity index (χ3v) is 2.67. The molecule has 0 saturated carbocycles. The minimum atomic E-state index is -0.114. The van der Waals surface area contributed by atoms with Gasteiger partial charge in [0.2, 0.25) is 0 Å². The van der Waals surface area contributed by atoms with E-state index in [0.29, 0.717) is 12.8 Å². The molecular formula is C8H11N3OS. The zero-order valence-electron chi connectivity index (χ0n) is 7.13. The van der Waals surface area contributed by atoms with Crippen LogP contribution >= 0.6 is 11.3 Å². The minimum Gasteiger partial charge on any atom is -0.396 e. The largest absolute Gasteiger partial charge is 0.396 e. The molecule has 1 aromatic heterocycles. The zero-order chi connectivity index (χ0) is 9.52. The quantitative estimate of drug-likeness (QED) is 0.440. The van der Waals surface area contributed by atoms with E-state index in [1.807, 2.05) is 17.5 Å². The first kappa shape index (κ1) is 10.1. The Labute approximate surface area is 80.5 Å². The van der Waals surface area contributed by atoms with Crippen molar-refractivity contribution in [2.75, 3.05) is 6.61 Å². The van der Waals surface area contributed by atoms with E-state index in [1.54, 1.807) is 11.3 Å². The summed E-state index contributed by atoms with van der Waals surface area (Å²) in [4.78, 5) is 3.86. The molecule has 5 heteroatoms. The number of rotatable bonds is 5. The van der Waals surface area contributed by atoms with Crippen LogP contribution < -0.4 is 0 Å². The molecule has 1 N–H and O–H groups in total. The standard InChI is InChI=1S/C8H11N3OS/c9-11-10-7(3-1-5-12)8-4-2-6-13-8/h2,4,6-7,12H,1,3,5H2. The Balaban J connectivity index is 2.63. The molecule has 70 valence electrons. The van der Waals surface area contributed by atoms with E-state index in [-0.39, 0.29) is 12.6 Å². The highest BCUT2D eigenvalue weighted by molar-refractivity contribution is 7.10. The molecule has 0 fully saturated rings. The number of thiophene rings is 1. The number of hydrogen-bond donors (Lipinski definition) is 1. The van der Waals surface area contributed by atoms with Crippen molar-refractivity contribution in [3.8, 4) is 0 Å². The van der Waals surface area contributed by atoms with Gasteiger partial charge in [-0.15, -0.1) is 11.3 Å². The summed E-state index contributed by atoms with van der Waals surface area (Å²) in [5, 5.41) is 14.3. The Morgan fingerprint density at radius 2 is 2.54 bits per heavy atom. The SMILES string of the molecule is [N-]=[N+]=NC(CCCO)c1cccs1. The number of azide groups is 1. The fourth-order valence-electron chi connectivity index (χ4n) is 1.08. The van der Waals surface area contributed by atoms with Gasteiger partial charge in [0.05, 0.1) is 6.04 Å². The number of aliphatic hydroxyl groups excluding tert-OH is 1. The molecule has 0 aliphatic rings. The van der Waals surface area contributed by atoms with Crippen LogP contribution in [0.3, 0.4) is 0 Å². The van der Waals surface area contributed by atoms with Crippen molar-refractivity contribution >= 4 is 11.3 Å².